The molecule has 0 aliphatic carbocycles. The van der Waals surface area contributed by atoms with Crippen molar-refractivity contribution in [3.05, 3.63) is 35.9 Å². The monoisotopic (exact) mass is 630 g/mol. The van der Waals surface area contributed by atoms with Crippen molar-refractivity contribution >= 4 is 23.8 Å². The van der Waals surface area contributed by atoms with Crippen LogP contribution in [0.25, 0.3) is 0 Å². The lowest BCUT2D eigenvalue weighted by atomic mass is 10.0. The fourth-order valence-corrected chi connectivity index (χ4v) is 5.39. The minimum atomic E-state index is -1.11. The summed E-state index contributed by atoms with van der Waals surface area (Å²) in [5.74, 6) is -2.55. The number of carboxylic acids is 1. The number of carboxylic acid groups (broad SMARTS) is 1. The number of amides is 2. The molecule has 0 unspecified atom stereocenters. The van der Waals surface area contributed by atoms with Crippen molar-refractivity contribution in [1.29, 1.82) is 0 Å². The zero-order valence-corrected chi connectivity index (χ0v) is 28.3. The van der Waals surface area contributed by atoms with Crippen LogP contribution in [0.5, 0.6) is 0 Å². The maximum Gasteiger partial charge on any atom is 0.328 e. The van der Waals surface area contributed by atoms with Crippen LogP contribution in [0.4, 0.5) is 0 Å². The number of esters is 1. The van der Waals surface area contributed by atoms with E-state index in [1.165, 1.54) is 103 Å². The Morgan fingerprint density at radius 1 is 0.667 bits per heavy atom. The Balaban J connectivity index is 2.09. The molecule has 1 aromatic carbocycles. The molecule has 3 N–H and O–H groups in total. The second-order valence-electron chi connectivity index (χ2n) is 12.5. The largest absolute Gasteiger partial charge is 0.481 e. The van der Waals surface area contributed by atoms with Crippen molar-refractivity contribution in [2.24, 2.45) is 0 Å². The summed E-state index contributed by atoms with van der Waals surface area (Å²) in [7, 11) is 0. The van der Waals surface area contributed by atoms with Gasteiger partial charge >= 0.3 is 11.9 Å². The molecule has 8 heteroatoms. The Labute approximate surface area is 272 Å². The summed E-state index contributed by atoms with van der Waals surface area (Å²) in [6.45, 7) is 3.84. The van der Waals surface area contributed by atoms with E-state index in [-0.39, 0.29) is 25.4 Å². The molecule has 0 aliphatic rings. The number of rotatable bonds is 29. The summed E-state index contributed by atoms with van der Waals surface area (Å²) in [4.78, 5) is 48.7. The summed E-state index contributed by atoms with van der Waals surface area (Å²) in [5.41, 5.74) is 0.782. The first kappa shape index (κ1) is 40.1. The number of carbonyl (C=O) groups excluding carboxylic acids is 3. The summed E-state index contributed by atoms with van der Waals surface area (Å²) in [5, 5.41) is 14.3. The van der Waals surface area contributed by atoms with Gasteiger partial charge in [-0.25, -0.2) is 4.79 Å². The number of aliphatic carboxylic acids is 1. The lowest BCUT2D eigenvalue weighted by Gasteiger charge is -2.20. The van der Waals surface area contributed by atoms with Crippen LogP contribution in [0.15, 0.2) is 30.3 Å². The molecule has 8 nitrogen and oxygen atoms in total. The number of hydrogen-bond acceptors (Lipinski definition) is 5. The van der Waals surface area contributed by atoms with Crippen molar-refractivity contribution in [3.8, 4) is 0 Å². The lowest BCUT2D eigenvalue weighted by molar-refractivity contribution is -0.150. The van der Waals surface area contributed by atoms with Gasteiger partial charge in [0.25, 0.3) is 0 Å². The highest BCUT2D eigenvalue weighted by Gasteiger charge is 2.26. The molecular weight excluding hydrogens is 568 g/mol. The minimum Gasteiger partial charge on any atom is -0.481 e. The van der Waals surface area contributed by atoms with E-state index >= 15 is 0 Å². The van der Waals surface area contributed by atoms with Gasteiger partial charge in [-0.1, -0.05) is 153 Å². The van der Waals surface area contributed by atoms with E-state index in [0.717, 1.165) is 24.8 Å². The first-order valence-electron chi connectivity index (χ1n) is 17.9. The molecule has 256 valence electrons. The Bertz CT molecular complexity index is 923. The van der Waals surface area contributed by atoms with Crippen LogP contribution in [-0.2, 0) is 30.5 Å². The first-order valence-corrected chi connectivity index (χ1v) is 17.9. The first-order chi connectivity index (χ1) is 21.8. The number of nitrogens with one attached hydrogen (secondary N) is 2. The molecule has 0 aromatic heterocycles. The second-order valence-corrected chi connectivity index (χ2v) is 12.5. The number of unbranched alkanes of at least 4 members (excludes halogenated alkanes) is 18. The zero-order valence-electron chi connectivity index (χ0n) is 28.3. The standard InChI is InChI=1S/C37H62N2O6/c1-3-4-5-6-7-8-9-10-11-12-13-14-15-16-17-18-19-20-24-27-34(40)38-31(2)36(43)39-33(28-29-35(41)42)37(44)45-30-32-25-22-21-23-26-32/h21-23,25-26,31,33H,3-20,24,27-30H2,1-2H3,(H,38,40)(H,39,43)(H,41,42)/t31-,33+/m0/s1. The minimum absolute atomic E-state index is 0.0187. The Morgan fingerprint density at radius 3 is 1.60 bits per heavy atom. The third kappa shape index (κ3) is 23.1. The number of benzene rings is 1. The molecule has 0 saturated carbocycles. The topological polar surface area (TPSA) is 122 Å². The maximum absolute atomic E-state index is 12.7. The van der Waals surface area contributed by atoms with Gasteiger partial charge < -0.3 is 20.5 Å². The van der Waals surface area contributed by atoms with E-state index in [2.05, 4.69) is 17.6 Å². The highest BCUT2D eigenvalue weighted by atomic mass is 16.5. The lowest BCUT2D eigenvalue weighted by Crippen LogP contribution is -2.50. The van der Waals surface area contributed by atoms with E-state index in [1.54, 1.807) is 19.1 Å². The number of ether oxygens (including phenoxy) is 1. The van der Waals surface area contributed by atoms with E-state index in [1.807, 2.05) is 18.2 Å². The van der Waals surface area contributed by atoms with Crippen molar-refractivity contribution in [3.63, 3.8) is 0 Å². The summed E-state index contributed by atoms with van der Waals surface area (Å²) < 4.78 is 5.30. The van der Waals surface area contributed by atoms with Crippen LogP contribution in [0, 0.1) is 0 Å². The molecule has 0 fully saturated rings. The Hall–Kier alpha value is -2.90. The van der Waals surface area contributed by atoms with Crippen molar-refractivity contribution in [1.82, 2.24) is 10.6 Å². The van der Waals surface area contributed by atoms with E-state index < -0.39 is 29.9 Å². The van der Waals surface area contributed by atoms with Crippen LogP contribution >= 0.6 is 0 Å². The van der Waals surface area contributed by atoms with Gasteiger partial charge in [0.15, 0.2) is 0 Å². The van der Waals surface area contributed by atoms with E-state index in [9.17, 15) is 19.2 Å². The Kier molecular flexibility index (Phi) is 24.4. The summed E-state index contributed by atoms with van der Waals surface area (Å²) in [6.07, 6.45) is 24.5. The van der Waals surface area contributed by atoms with E-state index in [0.29, 0.717) is 6.42 Å². The average Bonchev–Trinajstić information content (AvgIpc) is 3.03. The third-order valence-corrected chi connectivity index (χ3v) is 8.25. The predicted octanol–water partition coefficient (Wildman–Crippen LogP) is 8.41. The van der Waals surface area contributed by atoms with E-state index in [4.69, 9.17) is 9.84 Å². The fourth-order valence-electron chi connectivity index (χ4n) is 5.39. The quantitative estimate of drug-likeness (QED) is 0.0604. The predicted molar refractivity (Wildman–Crippen MR) is 181 cm³/mol. The normalized spacial score (nSPS) is 12.3. The molecule has 2 amide bonds. The fraction of sp³-hybridized carbons (Fsp3) is 0.730. The zero-order chi connectivity index (χ0) is 33.0. The molecule has 0 saturated heterocycles. The van der Waals surface area contributed by atoms with Gasteiger partial charge in [0.2, 0.25) is 11.8 Å². The molecule has 2 atom stereocenters. The number of carbonyl (C=O) groups is 4. The van der Waals surface area contributed by atoms with Crippen LogP contribution in [0.1, 0.15) is 161 Å². The molecule has 1 rings (SSSR count). The summed E-state index contributed by atoms with van der Waals surface area (Å²) >= 11 is 0. The highest BCUT2D eigenvalue weighted by molar-refractivity contribution is 5.90. The maximum atomic E-state index is 12.7. The van der Waals surface area contributed by atoms with Crippen LogP contribution in [0.3, 0.4) is 0 Å². The Morgan fingerprint density at radius 2 is 1.13 bits per heavy atom. The molecule has 0 heterocycles. The van der Waals surface area contributed by atoms with Gasteiger partial charge in [0.1, 0.15) is 18.7 Å². The van der Waals surface area contributed by atoms with Gasteiger partial charge in [-0.3, -0.25) is 14.4 Å². The molecule has 45 heavy (non-hydrogen) atoms. The van der Waals surface area contributed by atoms with Crippen LogP contribution in [-0.4, -0.2) is 40.9 Å². The highest BCUT2D eigenvalue weighted by Crippen LogP contribution is 2.15. The van der Waals surface area contributed by atoms with Crippen LogP contribution < -0.4 is 10.6 Å². The molecular formula is C37H62N2O6. The van der Waals surface area contributed by atoms with Gasteiger partial charge in [-0.2, -0.15) is 0 Å². The van der Waals surface area contributed by atoms with Gasteiger partial charge in [-0.15, -0.1) is 0 Å². The van der Waals surface area contributed by atoms with Crippen LogP contribution in [0.2, 0.25) is 0 Å². The SMILES string of the molecule is CCCCCCCCCCCCCCCCCCCCCC(=O)N[C@@H](C)C(=O)N[C@H](CCC(=O)O)C(=O)OCc1ccccc1. The summed E-state index contributed by atoms with van der Waals surface area (Å²) in [6, 6.07) is 7.12. The molecule has 0 spiro atoms. The van der Waals surface area contributed by atoms with Crippen molar-refractivity contribution < 1.29 is 29.0 Å². The third-order valence-electron chi connectivity index (χ3n) is 8.25. The molecule has 1 aromatic rings. The molecule has 0 radical (unpaired) electrons. The van der Waals surface area contributed by atoms with Gasteiger partial charge in [-0.05, 0) is 25.3 Å². The van der Waals surface area contributed by atoms with Crippen molar-refractivity contribution in [2.45, 2.75) is 174 Å². The smallest absolute Gasteiger partial charge is 0.328 e. The van der Waals surface area contributed by atoms with Crippen molar-refractivity contribution in [2.75, 3.05) is 0 Å². The number of hydrogen-bond donors (Lipinski definition) is 3. The van der Waals surface area contributed by atoms with Gasteiger partial charge in [0.05, 0.1) is 0 Å². The molecule has 0 aliphatic heterocycles. The second kappa shape index (κ2) is 27.4. The van der Waals surface area contributed by atoms with Gasteiger partial charge in [0, 0.05) is 12.8 Å². The molecule has 0 bridgehead atoms. The average molecular weight is 631 g/mol.